The quantitative estimate of drug-likeness (QED) is 0.832. The van der Waals surface area contributed by atoms with E-state index < -0.39 is 0 Å². The van der Waals surface area contributed by atoms with Gasteiger partial charge in [0.05, 0.1) is 0 Å². The standard InChI is InChI=1S/C15H17BrFNOS/c1-3-12(18)15(14-7-4-9(2)20-14)19-13-8-10(16)5-6-11(13)17/h4-8,12,15H,3,18H2,1-2H3. The largest absolute Gasteiger partial charge is 0.480 e. The molecule has 2 rings (SSSR count). The Morgan fingerprint density at radius 1 is 1.35 bits per heavy atom. The van der Waals surface area contributed by atoms with Crippen LogP contribution < -0.4 is 10.5 Å². The summed E-state index contributed by atoms with van der Waals surface area (Å²) in [5, 5.41) is 0. The Kier molecular flexibility index (Phi) is 5.18. The summed E-state index contributed by atoms with van der Waals surface area (Å²) >= 11 is 4.96. The van der Waals surface area contributed by atoms with Crippen LogP contribution in [0.1, 0.15) is 29.2 Å². The van der Waals surface area contributed by atoms with Gasteiger partial charge in [0, 0.05) is 20.3 Å². The van der Waals surface area contributed by atoms with Gasteiger partial charge in [-0.25, -0.2) is 4.39 Å². The summed E-state index contributed by atoms with van der Waals surface area (Å²) in [5.74, 6) is -0.158. The molecular formula is C15H17BrFNOS. The summed E-state index contributed by atoms with van der Waals surface area (Å²) in [6.07, 6.45) is 0.430. The molecule has 0 bridgehead atoms. The molecule has 0 aliphatic rings. The third-order valence-corrected chi connectivity index (χ3v) is 4.60. The molecule has 2 nitrogen and oxygen atoms in total. The summed E-state index contributed by atoms with van der Waals surface area (Å²) in [7, 11) is 0. The van der Waals surface area contributed by atoms with Crippen molar-refractivity contribution in [3.8, 4) is 5.75 Å². The number of aryl methyl sites for hydroxylation is 1. The van der Waals surface area contributed by atoms with Gasteiger partial charge in [-0.3, -0.25) is 0 Å². The van der Waals surface area contributed by atoms with Crippen molar-refractivity contribution in [2.45, 2.75) is 32.4 Å². The minimum Gasteiger partial charge on any atom is -0.480 e. The first kappa shape index (κ1) is 15.5. The first-order valence-electron chi connectivity index (χ1n) is 6.45. The molecule has 1 aromatic heterocycles. The molecule has 0 saturated carbocycles. The molecule has 2 N–H and O–H groups in total. The number of thiophene rings is 1. The van der Waals surface area contributed by atoms with Crippen molar-refractivity contribution < 1.29 is 9.13 Å². The lowest BCUT2D eigenvalue weighted by atomic mass is 10.1. The van der Waals surface area contributed by atoms with Gasteiger partial charge in [-0.05, 0) is 43.7 Å². The van der Waals surface area contributed by atoms with E-state index in [0.29, 0.717) is 0 Å². The van der Waals surface area contributed by atoms with Crippen LogP contribution in [0.15, 0.2) is 34.8 Å². The molecule has 2 aromatic rings. The Hall–Kier alpha value is -0.910. The van der Waals surface area contributed by atoms with Crippen LogP contribution in [0.4, 0.5) is 4.39 Å². The molecule has 2 unspecified atom stereocenters. The van der Waals surface area contributed by atoms with Gasteiger partial charge < -0.3 is 10.5 Å². The van der Waals surface area contributed by atoms with Crippen LogP contribution in [0, 0.1) is 12.7 Å². The zero-order valence-corrected chi connectivity index (χ0v) is 13.8. The molecule has 0 amide bonds. The second-order valence-electron chi connectivity index (χ2n) is 4.63. The zero-order chi connectivity index (χ0) is 14.7. The smallest absolute Gasteiger partial charge is 0.165 e. The summed E-state index contributed by atoms with van der Waals surface area (Å²) in [6.45, 7) is 4.03. The van der Waals surface area contributed by atoms with Crippen LogP contribution in [0.3, 0.4) is 0 Å². The summed E-state index contributed by atoms with van der Waals surface area (Å²) in [5.41, 5.74) is 6.14. The number of benzene rings is 1. The van der Waals surface area contributed by atoms with Gasteiger partial charge in [-0.2, -0.15) is 0 Å². The maximum atomic E-state index is 13.8. The van der Waals surface area contributed by atoms with Crippen LogP contribution >= 0.6 is 27.3 Å². The Morgan fingerprint density at radius 2 is 2.10 bits per heavy atom. The predicted octanol–water partition coefficient (Wildman–Crippen LogP) is 4.82. The maximum Gasteiger partial charge on any atom is 0.165 e. The number of nitrogens with two attached hydrogens (primary N) is 1. The molecule has 108 valence electrons. The molecule has 0 spiro atoms. The normalized spacial score (nSPS) is 14.1. The van der Waals surface area contributed by atoms with E-state index in [0.717, 1.165) is 15.8 Å². The van der Waals surface area contributed by atoms with Gasteiger partial charge in [0.1, 0.15) is 6.10 Å². The van der Waals surface area contributed by atoms with Crippen LogP contribution in [0.2, 0.25) is 0 Å². The van der Waals surface area contributed by atoms with Crippen molar-refractivity contribution >= 4 is 27.3 Å². The minimum absolute atomic E-state index is 0.175. The molecule has 20 heavy (non-hydrogen) atoms. The van der Waals surface area contributed by atoms with Gasteiger partial charge in [0.2, 0.25) is 0 Å². The highest BCUT2D eigenvalue weighted by Crippen LogP contribution is 2.32. The monoisotopic (exact) mass is 357 g/mol. The highest BCUT2D eigenvalue weighted by molar-refractivity contribution is 9.10. The van der Waals surface area contributed by atoms with E-state index in [1.54, 1.807) is 23.5 Å². The molecule has 0 fully saturated rings. The number of halogens is 2. The van der Waals surface area contributed by atoms with Crippen LogP contribution in [0.25, 0.3) is 0 Å². The van der Waals surface area contributed by atoms with Crippen molar-refractivity contribution in [1.29, 1.82) is 0 Å². The molecule has 2 atom stereocenters. The maximum absolute atomic E-state index is 13.8. The van der Waals surface area contributed by atoms with Crippen molar-refractivity contribution in [2.24, 2.45) is 5.73 Å². The molecule has 1 heterocycles. The third kappa shape index (κ3) is 3.59. The second kappa shape index (κ2) is 6.70. The fourth-order valence-corrected chi connectivity index (χ4v) is 3.20. The first-order chi connectivity index (χ1) is 9.51. The lowest BCUT2D eigenvalue weighted by Gasteiger charge is -2.23. The highest BCUT2D eigenvalue weighted by atomic mass is 79.9. The van der Waals surface area contributed by atoms with Crippen LogP contribution in [-0.4, -0.2) is 6.04 Å². The number of rotatable bonds is 5. The SMILES string of the molecule is CCC(N)C(Oc1cc(Br)ccc1F)c1ccc(C)s1. The number of hydrogen-bond donors (Lipinski definition) is 1. The van der Waals surface area contributed by atoms with Crippen molar-refractivity contribution in [1.82, 2.24) is 0 Å². The summed E-state index contributed by atoms with van der Waals surface area (Å²) < 4.78 is 20.5. The van der Waals surface area contributed by atoms with E-state index in [-0.39, 0.29) is 23.7 Å². The van der Waals surface area contributed by atoms with Gasteiger partial charge >= 0.3 is 0 Å². The average Bonchev–Trinajstić information content (AvgIpc) is 2.85. The molecule has 5 heteroatoms. The van der Waals surface area contributed by atoms with Gasteiger partial charge in [0.15, 0.2) is 11.6 Å². The lowest BCUT2D eigenvalue weighted by Crippen LogP contribution is -2.31. The van der Waals surface area contributed by atoms with E-state index in [1.807, 2.05) is 26.0 Å². The molecule has 0 radical (unpaired) electrons. The summed E-state index contributed by atoms with van der Waals surface area (Å²) in [4.78, 5) is 2.21. The highest BCUT2D eigenvalue weighted by Gasteiger charge is 2.23. The van der Waals surface area contributed by atoms with E-state index >= 15 is 0 Å². The minimum atomic E-state index is -0.380. The van der Waals surface area contributed by atoms with Gasteiger partial charge in [-0.1, -0.05) is 22.9 Å². The Bertz CT molecular complexity index is 587. The van der Waals surface area contributed by atoms with E-state index in [2.05, 4.69) is 15.9 Å². The fourth-order valence-electron chi connectivity index (χ4n) is 1.88. The summed E-state index contributed by atoms with van der Waals surface area (Å²) in [6, 6.07) is 8.50. The third-order valence-electron chi connectivity index (χ3n) is 3.05. The van der Waals surface area contributed by atoms with Gasteiger partial charge in [0.25, 0.3) is 0 Å². The van der Waals surface area contributed by atoms with Crippen LogP contribution in [-0.2, 0) is 0 Å². The Balaban J connectivity index is 2.30. The van der Waals surface area contributed by atoms with Crippen molar-refractivity contribution in [2.75, 3.05) is 0 Å². The number of hydrogen-bond acceptors (Lipinski definition) is 3. The fraction of sp³-hybridized carbons (Fsp3) is 0.333. The molecule has 0 aliphatic heterocycles. The molecule has 1 aromatic carbocycles. The topological polar surface area (TPSA) is 35.2 Å². The van der Waals surface area contributed by atoms with Crippen molar-refractivity contribution in [3.05, 3.63) is 50.4 Å². The van der Waals surface area contributed by atoms with E-state index in [4.69, 9.17) is 10.5 Å². The van der Waals surface area contributed by atoms with E-state index in [1.165, 1.54) is 10.9 Å². The predicted molar refractivity (Wildman–Crippen MR) is 84.8 cm³/mol. The Morgan fingerprint density at radius 3 is 2.70 bits per heavy atom. The Labute approximate surface area is 130 Å². The molecule has 0 saturated heterocycles. The average molecular weight is 358 g/mol. The first-order valence-corrected chi connectivity index (χ1v) is 8.05. The van der Waals surface area contributed by atoms with Crippen molar-refractivity contribution in [3.63, 3.8) is 0 Å². The zero-order valence-electron chi connectivity index (χ0n) is 11.4. The van der Waals surface area contributed by atoms with E-state index in [9.17, 15) is 4.39 Å². The van der Waals surface area contributed by atoms with Crippen LogP contribution in [0.5, 0.6) is 5.75 Å². The molecular weight excluding hydrogens is 341 g/mol. The van der Waals surface area contributed by atoms with Gasteiger partial charge in [-0.15, -0.1) is 11.3 Å². The molecule has 0 aliphatic carbocycles. The number of ether oxygens (including phenoxy) is 1. The lowest BCUT2D eigenvalue weighted by molar-refractivity contribution is 0.167. The second-order valence-corrected chi connectivity index (χ2v) is 6.87.